The third-order valence-corrected chi connectivity index (χ3v) is 7.24. The number of amides is 2. The normalized spacial score (nSPS) is 15.7. The fourth-order valence-corrected chi connectivity index (χ4v) is 4.93. The number of ether oxygens (including phenoxy) is 1. The molecule has 34 heavy (non-hydrogen) atoms. The van der Waals surface area contributed by atoms with Gasteiger partial charge in [0.1, 0.15) is 12.1 Å². The number of benzene rings is 2. The predicted octanol–water partition coefficient (Wildman–Crippen LogP) is 4.45. The Labute approximate surface area is 199 Å². The van der Waals surface area contributed by atoms with Crippen LogP contribution in [-0.4, -0.2) is 41.3 Å². The summed E-state index contributed by atoms with van der Waals surface area (Å²) in [5.74, 6) is -1.25. The fourth-order valence-electron chi connectivity index (χ4n) is 4.93. The van der Waals surface area contributed by atoms with Crippen molar-refractivity contribution >= 4 is 18.0 Å². The molecule has 1 atom stereocenters. The van der Waals surface area contributed by atoms with Crippen LogP contribution >= 0.6 is 0 Å². The summed E-state index contributed by atoms with van der Waals surface area (Å²) >= 11 is 0. The number of carboxylic acids is 1. The number of rotatable bonds is 10. The number of aliphatic carboxylic acids is 1. The van der Waals surface area contributed by atoms with Gasteiger partial charge in [-0.1, -0.05) is 62.4 Å². The molecule has 0 aromatic heterocycles. The zero-order valence-corrected chi connectivity index (χ0v) is 19.7. The maximum atomic E-state index is 12.7. The van der Waals surface area contributed by atoms with Crippen LogP contribution in [0.2, 0.25) is 0 Å². The quantitative estimate of drug-likeness (QED) is 0.482. The molecule has 7 nitrogen and oxygen atoms in total. The topological polar surface area (TPSA) is 105 Å². The summed E-state index contributed by atoms with van der Waals surface area (Å²) in [5.41, 5.74) is 3.31. The van der Waals surface area contributed by atoms with E-state index in [-0.39, 0.29) is 36.8 Å². The molecule has 2 aliphatic rings. The second-order valence-electron chi connectivity index (χ2n) is 9.26. The van der Waals surface area contributed by atoms with E-state index in [0.717, 1.165) is 35.1 Å². The van der Waals surface area contributed by atoms with Gasteiger partial charge >= 0.3 is 12.1 Å². The number of carbonyl (C=O) groups is 3. The van der Waals surface area contributed by atoms with E-state index < -0.39 is 17.6 Å². The van der Waals surface area contributed by atoms with Gasteiger partial charge in [-0.3, -0.25) is 4.79 Å². The van der Waals surface area contributed by atoms with Gasteiger partial charge in [-0.25, -0.2) is 9.59 Å². The molecule has 0 radical (unpaired) electrons. The highest BCUT2D eigenvalue weighted by Gasteiger charge is 2.39. The van der Waals surface area contributed by atoms with Gasteiger partial charge in [-0.15, -0.1) is 0 Å². The number of hydrogen-bond acceptors (Lipinski definition) is 4. The third-order valence-electron chi connectivity index (χ3n) is 7.24. The van der Waals surface area contributed by atoms with Gasteiger partial charge in [0.25, 0.3) is 0 Å². The maximum Gasteiger partial charge on any atom is 0.407 e. The first-order valence-corrected chi connectivity index (χ1v) is 12.0. The van der Waals surface area contributed by atoms with Crippen LogP contribution in [0.5, 0.6) is 0 Å². The number of hydrogen-bond donors (Lipinski definition) is 3. The second kappa shape index (κ2) is 9.87. The zero-order chi connectivity index (χ0) is 24.3. The van der Waals surface area contributed by atoms with Crippen LogP contribution in [0.25, 0.3) is 11.1 Å². The van der Waals surface area contributed by atoms with Crippen molar-refractivity contribution in [2.75, 3.05) is 6.61 Å². The lowest BCUT2D eigenvalue weighted by atomic mass is 9.92. The van der Waals surface area contributed by atoms with Crippen LogP contribution in [-0.2, 0) is 14.3 Å². The minimum Gasteiger partial charge on any atom is -0.480 e. The summed E-state index contributed by atoms with van der Waals surface area (Å²) in [7, 11) is 0. The molecule has 1 fully saturated rings. The summed E-state index contributed by atoms with van der Waals surface area (Å²) in [6.45, 7) is 3.69. The molecule has 7 heteroatoms. The smallest absolute Gasteiger partial charge is 0.407 e. The van der Waals surface area contributed by atoms with E-state index in [2.05, 4.69) is 34.9 Å². The summed E-state index contributed by atoms with van der Waals surface area (Å²) in [4.78, 5) is 37.1. The highest BCUT2D eigenvalue weighted by atomic mass is 16.5. The number of nitrogens with one attached hydrogen (secondary N) is 2. The van der Waals surface area contributed by atoms with E-state index in [1.807, 2.05) is 24.3 Å². The van der Waals surface area contributed by atoms with Crippen LogP contribution in [0.3, 0.4) is 0 Å². The lowest BCUT2D eigenvalue weighted by Crippen LogP contribution is -2.55. The molecule has 4 rings (SSSR count). The van der Waals surface area contributed by atoms with Crippen molar-refractivity contribution in [3.8, 4) is 11.1 Å². The van der Waals surface area contributed by atoms with E-state index >= 15 is 0 Å². The van der Waals surface area contributed by atoms with Gasteiger partial charge in [0.15, 0.2) is 0 Å². The second-order valence-corrected chi connectivity index (χ2v) is 9.26. The molecule has 1 saturated carbocycles. The lowest BCUT2D eigenvalue weighted by Gasteiger charge is -2.29. The first-order chi connectivity index (χ1) is 16.4. The van der Waals surface area contributed by atoms with Crippen molar-refractivity contribution < 1.29 is 24.2 Å². The van der Waals surface area contributed by atoms with E-state index in [1.54, 1.807) is 13.8 Å². The molecule has 2 aliphatic carbocycles. The van der Waals surface area contributed by atoms with Gasteiger partial charge in [0.05, 0.1) is 0 Å². The van der Waals surface area contributed by atoms with Crippen LogP contribution in [0.4, 0.5) is 4.79 Å². The minimum atomic E-state index is -1.28. The number of alkyl carbamates (subject to hydrolysis) is 1. The molecule has 3 N–H and O–H groups in total. The van der Waals surface area contributed by atoms with Crippen molar-refractivity contribution in [1.29, 1.82) is 0 Å². The predicted molar refractivity (Wildman–Crippen MR) is 128 cm³/mol. The molecular weight excluding hydrogens is 432 g/mol. The van der Waals surface area contributed by atoms with Crippen LogP contribution in [0, 0.1) is 5.92 Å². The first-order valence-electron chi connectivity index (χ1n) is 12.0. The highest BCUT2D eigenvalue weighted by molar-refractivity contribution is 5.87. The van der Waals surface area contributed by atoms with Crippen LogP contribution in [0.1, 0.15) is 63.0 Å². The molecule has 0 saturated heterocycles. The summed E-state index contributed by atoms with van der Waals surface area (Å²) in [6, 6.07) is 15.9. The van der Waals surface area contributed by atoms with Crippen molar-refractivity contribution in [2.45, 2.75) is 63.5 Å². The van der Waals surface area contributed by atoms with Gasteiger partial charge < -0.3 is 20.5 Å². The van der Waals surface area contributed by atoms with Crippen molar-refractivity contribution in [3.05, 3.63) is 59.7 Å². The first kappa shape index (κ1) is 23.8. The highest BCUT2D eigenvalue weighted by Crippen LogP contribution is 2.44. The van der Waals surface area contributed by atoms with E-state index in [1.165, 1.54) is 0 Å². The summed E-state index contributed by atoms with van der Waals surface area (Å²) < 4.78 is 5.64. The SMILES string of the molecule is CCC(CC)(NC(=O)CC(NC(=O)OCC1c2ccccc2-c2ccccc21)C1CC1)C(=O)O. The minimum absolute atomic E-state index is 0.0316. The molecule has 2 aromatic carbocycles. The van der Waals surface area contributed by atoms with E-state index in [0.29, 0.717) is 12.8 Å². The molecule has 0 bridgehead atoms. The Hall–Kier alpha value is -3.35. The van der Waals surface area contributed by atoms with Crippen LogP contribution < -0.4 is 10.6 Å². The standard InChI is InChI=1S/C27H32N2O5/c1-3-27(4-2,25(31)32)29-24(30)15-23(17-13-14-17)28-26(33)34-16-22-20-11-7-5-9-18(20)19-10-6-8-12-21(19)22/h5-12,17,22-23H,3-4,13-16H2,1-2H3,(H,28,33)(H,29,30)(H,31,32). The Morgan fingerprint density at radius 1 is 1.00 bits per heavy atom. The fraction of sp³-hybridized carbons (Fsp3) is 0.444. The Bertz CT molecular complexity index is 1030. The molecule has 0 heterocycles. The van der Waals surface area contributed by atoms with Crippen molar-refractivity contribution in [1.82, 2.24) is 10.6 Å². The van der Waals surface area contributed by atoms with Gasteiger partial charge in [-0.05, 0) is 53.9 Å². The summed E-state index contributed by atoms with van der Waals surface area (Å²) in [5, 5.41) is 15.1. The third kappa shape index (κ3) is 4.79. The van der Waals surface area contributed by atoms with Crippen molar-refractivity contribution in [3.63, 3.8) is 0 Å². The molecular formula is C27H32N2O5. The van der Waals surface area contributed by atoms with Gasteiger partial charge in [0.2, 0.25) is 5.91 Å². The van der Waals surface area contributed by atoms with Gasteiger partial charge in [0, 0.05) is 18.4 Å². The monoisotopic (exact) mass is 464 g/mol. The molecule has 0 aliphatic heterocycles. The van der Waals surface area contributed by atoms with Gasteiger partial charge in [-0.2, -0.15) is 0 Å². The average molecular weight is 465 g/mol. The zero-order valence-electron chi connectivity index (χ0n) is 19.7. The average Bonchev–Trinajstić information content (AvgIpc) is 3.64. The molecule has 2 amide bonds. The largest absolute Gasteiger partial charge is 0.480 e. The van der Waals surface area contributed by atoms with E-state index in [9.17, 15) is 19.5 Å². The molecule has 180 valence electrons. The van der Waals surface area contributed by atoms with E-state index in [4.69, 9.17) is 4.74 Å². The molecule has 1 unspecified atom stereocenters. The Balaban J connectivity index is 1.37. The maximum absolute atomic E-state index is 12.7. The lowest BCUT2D eigenvalue weighted by molar-refractivity contribution is -0.148. The number of carboxylic acid groups (broad SMARTS) is 1. The Morgan fingerprint density at radius 2 is 1.56 bits per heavy atom. The Kier molecular flexibility index (Phi) is 6.91. The molecule has 2 aromatic rings. The van der Waals surface area contributed by atoms with Crippen molar-refractivity contribution in [2.24, 2.45) is 5.92 Å². The summed E-state index contributed by atoms with van der Waals surface area (Å²) in [6.07, 6.45) is 1.91. The molecule has 0 spiro atoms. The number of fused-ring (bicyclic) bond motifs is 3. The Morgan fingerprint density at radius 3 is 2.06 bits per heavy atom. The van der Waals surface area contributed by atoms with Crippen LogP contribution in [0.15, 0.2) is 48.5 Å². The number of carbonyl (C=O) groups excluding carboxylic acids is 2.